The van der Waals surface area contributed by atoms with Crippen LogP contribution in [0.25, 0.3) is 0 Å². The molecule has 1 N–H and O–H groups in total. The van der Waals surface area contributed by atoms with Crippen molar-refractivity contribution in [3.05, 3.63) is 136 Å². The van der Waals surface area contributed by atoms with Crippen LogP contribution in [0.1, 0.15) is 46.5 Å². The van der Waals surface area contributed by atoms with Gasteiger partial charge in [0, 0.05) is 41.3 Å². The predicted molar refractivity (Wildman–Crippen MR) is 142 cm³/mol. The zero-order valence-corrected chi connectivity index (χ0v) is 20.2. The van der Waals surface area contributed by atoms with Crippen molar-refractivity contribution in [3.8, 4) is 0 Å². The second kappa shape index (κ2) is 9.48. The number of benzene rings is 3. The lowest BCUT2D eigenvalue weighted by molar-refractivity contribution is -0.384. The summed E-state index contributed by atoms with van der Waals surface area (Å²) in [6, 6.07) is 25.1. The molecule has 2 heterocycles. The molecule has 0 saturated heterocycles. The first-order valence-corrected chi connectivity index (χ1v) is 12.3. The van der Waals surface area contributed by atoms with Gasteiger partial charge in [0.05, 0.1) is 28.6 Å². The Morgan fingerprint density at radius 2 is 1.74 bits per heavy atom. The summed E-state index contributed by atoms with van der Waals surface area (Å²) < 4.78 is 5.63. The van der Waals surface area contributed by atoms with Crippen molar-refractivity contribution < 1.29 is 18.9 Å². The monoisotopic (exact) mass is 505 g/mol. The number of amides is 1. The van der Waals surface area contributed by atoms with Gasteiger partial charge >= 0.3 is 0 Å². The van der Waals surface area contributed by atoms with Gasteiger partial charge in [-0.3, -0.25) is 24.6 Å². The van der Waals surface area contributed by atoms with E-state index in [-0.39, 0.29) is 29.7 Å². The van der Waals surface area contributed by atoms with Gasteiger partial charge < -0.3 is 9.73 Å². The Hall–Kier alpha value is -4.98. The molecule has 6 rings (SSSR count). The second-order valence-electron chi connectivity index (χ2n) is 9.37. The number of carbonyl (C=O) groups is 2. The highest BCUT2D eigenvalue weighted by Crippen LogP contribution is 2.48. The van der Waals surface area contributed by atoms with Crippen molar-refractivity contribution >= 4 is 28.8 Å². The minimum absolute atomic E-state index is 0.112. The van der Waals surface area contributed by atoms with E-state index in [1.807, 2.05) is 36.4 Å². The molecule has 3 aromatic carbocycles. The van der Waals surface area contributed by atoms with Gasteiger partial charge in [0.25, 0.3) is 11.6 Å². The number of allylic oxidation sites excluding steroid dienone is 1. The smallest absolute Gasteiger partial charge is 0.269 e. The van der Waals surface area contributed by atoms with E-state index in [2.05, 4.69) is 5.32 Å². The number of nitro benzene ring substituents is 1. The maximum atomic E-state index is 14.2. The van der Waals surface area contributed by atoms with Gasteiger partial charge in [-0.15, -0.1) is 0 Å². The van der Waals surface area contributed by atoms with E-state index in [9.17, 15) is 19.7 Å². The third-order valence-corrected chi connectivity index (χ3v) is 7.07. The van der Waals surface area contributed by atoms with E-state index in [1.54, 1.807) is 53.6 Å². The Kier molecular flexibility index (Phi) is 5.84. The van der Waals surface area contributed by atoms with Crippen LogP contribution in [0, 0.1) is 10.1 Å². The number of nitro groups is 1. The van der Waals surface area contributed by atoms with Crippen molar-refractivity contribution in [2.24, 2.45) is 0 Å². The van der Waals surface area contributed by atoms with E-state index in [0.717, 1.165) is 0 Å². The van der Waals surface area contributed by atoms with E-state index in [1.165, 1.54) is 12.1 Å². The number of Topliss-reactive ketones (excluding diaryl/α,β-unsaturated/α-hetero) is 1. The molecule has 1 amide bonds. The number of para-hydroxylation sites is 2. The van der Waals surface area contributed by atoms with E-state index in [0.29, 0.717) is 46.0 Å². The predicted octanol–water partition coefficient (Wildman–Crippen LogP) is 6.40. The minimum atomic E-state index is -0.876. The molecule has 8 heteroatoms. The summed E-state index contributed by atoms with van der Waals surface area (Å²) in [5.74, 6) is 0.0905. The molecule has 188 valence electrons. The van der Waals surface area contributed by atoms with E-state index >= 15 is 0 Å². The molecular formula is C30H23N3O5. The van der Waals surface area contributed by atoms with Gasteiger partial charge in [-0.25, -0.2) is 0 Å². The second-order valence-corrected chi connectivity index (χ2v) is 9.37. The summed E-state index contributed by atoms with van der Waals surface area (Å²) in [4.78, 5) is 40.9. The van der Waals surface area contributed by atoms with Crippen LogP contribution in [0.15, 0.2) is 113 Å². The third-order valence-electron chi connectivity index (χ3n) is 7.07. The van der Waals surface area contributed by atoms with Crippen LogP contribution in [-0.2, 0) is 4.79 Å². The molecule has 4 aromatic rings. The van der Waals surface area contributed by atoms with Crippen LogP contribution in [0.3, 0.4) is 0 Å². The molecule has 2 atom stereocenters. The summed E-state index contributed by atoms with van der Waals surface area (Å²) in [6.07, 6.45) is 2.27. The Balaban J connectivity index is 1.60. The van der Waals surface area contributed by atoms with Gasteiger partial charge in [-0.05, 0) is 48.4 Å². The van der Waals surface area contributed by atoms with Gasteiger partial charge in [0.15, 0.2) is 5.78 Å². The first-order chi connectivity index (χ1) is 18.5. The average Bonchev–Trinajstić information content (AvgIpc) is 3.43. The van der Waals surface area contributed by atoms with Gasteiger partial charge in [0.2, 0.25) is 0 Å². The van der Waals surface area contributed by atoms with Crippen molar-refractivity contribution in [3.63, 3.8) is 0 Å². The lowest BCUT2D eigenvalue weighted by atomic mass is 9.80. The molecule has 38 heavy (non-hydrogen) atoms. The zero-order chi connectivity index (χ0) is 26.2. The maximum Gasteiger partial charge on any atom is 0.269 e. The molecule has 0 unspecified atom stereocenters. The minimum Gasteiger partial charge on any atom is -0.469 e. The van der Waals surface area contributed by atoms with Crippen molar-refractivity contribution in [2.75, 3.05) is 10.2 Å². The zero-order valence-electron chi connectivity index (χ0n) is 20.2. The standard InChI is InChI=1S/C30H23N3O5/c34-26-18-21(27-14-7-15-38-27)17-24-28(26)29(20-10-6-11-22(16-20)33(36)37)32(25-13-5-4-12-23(25)31-24)30(35)19-8-2-1-3-9-19/h1-16,21,29,31H,17-18H2/t21-,29+/m1/s1. The number of hydrogen-bond donors (Lipinski definition) is 1. The molecule has 0 radical (unpaired) electrons. The summed E-state index contributed by atoms with van der Waals surface area (Å²) in [5.41, 5.74) is 3.17. The highest BCUT2D eigenvalue weighted by atomic mass is 16.6. The fourth-order valence-electron chi connectivity index (χ4n) is 5.38. The number of carbonyl (C=O) groups excluding carboxylic acids is 2. The number of rotatable bonds is 4. The molecule has 1 aliphatic heterocycles. The fraction of sp³-hybridized carbons (Fsp3) is 0.133. The number of ketones is 1. The summed E-state index contributed by atoms with van der Waals surface area (Å²) in [7, 11) is 0. The number of nitrogens with zero attached hydrogens (tertiary/aromatic N) is 2. The van der Waals surface area contributed by atoms with Gasteiger partial charge in [-0.2, -0.15) is 0 Å². The third kappa shape index (κ3) is 4.06. The van der Waals surface area contributed by atoms with Crippen LogP contribution in [-0.4, -0.2) is 16.6 Å². The van der Waals surface area contributed by atoms with Crippen LogP contribution in [0.4, 0.5) is 17.1 Å². The summed E-state index contributed by atoms with van der Waals surface area (Å²) >= 11 is 0. The largest absolute Gasteiger partial charge is 0.469 e. The molecule has 0 bridgehead atoms. The van der Waals surface area contributed by atoms with E-state index < -0.39 is 11.0 Å². The SMILES string of the molecule is O=C1C[C@H](c2ccco2)CC2=C1[C@H](c1cccc([N+](=O)[O-])c1)N(C(=O)c1ccccc1)c1ccccc1N2. The fourth-order valence-corrected chi connectivity index (χ4v) is 5.38. The molecular weight excluding hydrogens is 482 g/mol. The number of nitrogens with one attached hydrogen (secondary N) is 1. The topological polar surface area (TPSA) is 106 Å². The highest BCUT2D eigenvalue weighted by Gasteiger charge is 2.42. The van der Waals surface area contributed by atoms with E-state index in [4.69, 9.17) is 4.42 Å². The molecule has 8 nitrogen and oxygen atoms in total. The summed E-state index contributed by atoms with van der Waals surface area (Å²) in [6.45, 7) is 0. The van der Waals surface area contributed by atoms with Gasteiger partial charge in [-0.1, -0.05) is 42.5 Å². The Morgan fingerprint density at radius 3 is 2.50 bits per heavy atom. The highest BCUT2D eigenvalue weighted by molar-refractivity contribution is 6.12. The lowest BCUT2D eigenvalue weighted by Crippen LogP contribution is -2.38. The number of furan rings is 1. The number of hydrogen-bond acceptors (Lipinski definition) is 6. The van der Waals surface area contributed by atoms with Crippen LogP contribution in [0.2, 0.25) is 0 Å². The molecule has 1 aromatic heterocycles. The average molecular weight is 506 g/mol. The lowest BCUT2D eigenvalue weighted by Gasteiger charge is -2.34. The molecule has 0 saturated carbocycles. The number of non-ortho nitro benzene ring substituents is 1. The first kappa shape index (κ1) is 23.4. The van der Waals surface area contributed by atoms with Crippen molar-refractivity contribution in [2.45, 2.75) is 24.8 Å². The van der Waals surface area contributed by atoms with Gasteiger partial charge in [0.1, 0.15) is 5.76 Å². The van der Waals surface area contributed by atoms with Crippen LogP contribution in [0.5, 0.6) is 0 Å². The quantitative estimate of drug-likeness (QED) is 0.254. The molecule has 0 fully saturated rings. The van der Waals surface area contributed by atoms with Crippen molar-refractivity contribution in [1.82, 2.24) is 0 Å². The summed E-state index contributed by atoms with van der Waals surface area (Å²) in [5, 5.41) is 15.1. The van der Waals surface area contributed by atoms with Crippen LogP contribution >= 0.6 is 0 Å². The Bertz CT molecular complexity index is 1580. The van der Waals surface area contributed by atoms with Crippen LogP contribution < -0.4 is 10.2 Å². The van der Waals surface area contributed by atoms with Crippen molar-refractivity contribution in [1.29, 1.82) is 0 Å². The Morgan fingerprint density at radius 1 is 0.947 bits per heavy atom. The normalized spacial score (nSPS) is 18.7. The molecule has 1 aliphatic carbocycles. The number of anilines is 2. The molecule has 0 spiro atoms. The first-order valence-electron chi connectivity index (χ1n) is 12.3. The molecule has 2 aliphatic rings. The number of fused-ring (bicyclic) bond motifs is 1. The maximum absolute atomic E-state index is 14.2. The Labute approximate surface area is 218 Å².